The Morgan fingerprint density at radius 2 is 2.19 bits per heavy atom. The standard InChI is InChI=1S/C13H18BrN5O2/c1-9(15-6-7-20-2)13-16-17-18-19(13)10-4-5-11(14)12(8-10)21-3/h4-5,8-9,15H,6-7H2,1-3H3. The van der Waals surface area contributed by atoms with E-state index in [2.05, 4.69) is 36.8 Å². The van der Waals surface area contributed by atoms with Crippen LogP contribution in [-0.4, -0.2) is 47.6 Å². The largest absolute Gasteiger partial charge is 0.495 e. The number of hydrogen-bond donors (Lipinski definition) is 1. The Balaban J connectivity index is 2.23. The molecule has 1 N–H and O–H groups in total. The Hall–Kier alpha value is -1.51. The fourth-order valence-corrected chi connectivity index (χ4v) is 2.31. The van der Waals surface area contributed by atoms with Gasteiger partial charge in [0.2, 0.25) is 0 Å². The van der Waals surface area contributed by atoms with Crippen LogP contribution in [0.25, 0.3) is 5.69 Å². The lowest BCUT2D eigenvalue weighted by Gasteiger charge is -2.14. The first-order valence-corrected chi connectivity index (χ1v) is 7.31. The van der Waals surface area contributed by atoms with E-state index in [1.807, 2.05) is 25.1 Å². The van der Waals surface area contributed by atoms with Gasteiger partial charge >= 0.3 is 0 Å². The summed E-state index contributed by atoms with van der Waals surface area (Å²) in [5.74, 6) is 1.46. The average molecular weight is 356 g/mol. The van der Waals surface area contributed by atoms with Crippen molar-refractivity contribution in [3.05, 3.63) is 28.5 Å². The van der Waals surface area contributed by atoms with E-state index in [4.69, 9.17) is 9.47 Å². The summed E-state index contributed by atoms with van der Waals surface area (Å²) in [5, 5.41) is 15.2. The molecule has 21 heavy (non-hydrogen) atoms. The molecule has 0 aliphatic heterocycles. The Kier molecular flexibility index (Phi) is 5.66. The van der Waals surface area contributed by atoms with E-state index in [9.17, 15) is 0 Å². The third-order valence-electron chi connectivity index (χ3n) is 3.02. The lowest BCUT2D eigenvalue weighted by molar-refractivity contribution is 0.196. The molecule has 2 rings (SSSR count). The second-order valence-electron chi connectivity index (χ2n) is 4.44. The van der Waals surface area contributed by atoms with Gasteiger partial charge < -0.3 is 14.8 Å². The Labute approximate surface area is 131 Å². The zero-order chi connectivity index (χ0) is 15.2. The molecule has 0 amide bonds. The fourth-order valence-electron chi connectivity index (χ4n) is 1.90. The zero-order valence-electron chi connectivity index (χ0n) is 12.2. The topological polar surface area (TPSA) is 74.1 Å². The minimum atomic E-state index is 0.00444. The molecule has 1 aromatic carbocycles. The van der Waals surface area contributed by atoms with Crippen molar-refractivity contribution in [3.8, 4) is 11.4 Å². The molecule has 0 saturated carbocycles. The first-order chi connectivity index (χ1) is 10.2. The molecule has 2 aromatic rings. The van der Waals surface area contributed by atoms with Gasteiger partial charge in [-0.2, -0.15) is 4.68 Å². The van der Waals surface area contributed by atoms with Crippen LogP contribution in [0.2, 0.25) is 0 Å². The second kappa shape index (κ2) is 7.48. The molecule has 1 aromatic heterocycles. The van der Waals surface area contributed by atoms with Crippen molar-refractivity contribution in [1.82, 2.24) is 25.5 Å². The monoisotopic (exact) mass is 355 g/mol. The third kappa shape index (κ3) is 3.78. The molecule has 0 aliphatic rings. The number of halogens is 1. The van der Waals surface area contributed by atoms with Crippen LogP contribution in [0, 0.1) is 0 Å². The number of rotatable bonds is 7. The van der Waals surface area contributed by atoms with Gasteiger partial charge in [0, 0.05) is 19.7 Å². The number of benzene rings is 1. The molecular weight excluding hydrogens is 338 g/mol. The van der Waals surface area contributed by atoms with Gasteiger partial charge in [-0.1, -0.05) is 0 Å². The van der Waals surface area contributed by atoms with Crippen molar-refractivity contribution in [2.45, 2.75) is 13.0 Å². The zero-order valence-corrected chi connectivity index (χ0v) is 13.8. The van der Waals surface area contributed by atoms with Gasteiger partial charge in [-0.05, 0) is 45.4 Å². The van der Waals surface area contributed by atoms with Crippen LogP contribution < -0.4 is 10.1 Å². The van der Waals surface area contributed by atoms with Crippen LogP contribution in [0.5, 0.6) is 5.75 Å². The van der Waals surface area contributed by atoms with Crippen LogP contribution in [0.3, 0.4) is 0 Å². The van der Waals surface area contributed by atoms with Crippen LogP contribution >= 0.6 is 15.9 Å². The molecular formula is C13H18BrN5O2. The van der Waals surface area contributed by atoms with Crippen molar-refractivity contribution in [2.24, 2.45) is 0 Å². The van der Waals surface area contributed by atoms with Crippen molar-refractivity contribution < 1.29 is 9.47 Å². The minimum absolute atomic E-state index is 0.00444. The van der Waals surface area contributed by atoms with Gasteiger partial charge in [-0.15, -0.1) is 5.10 Å². The SMILES string of the molecule is COCCNC(C)c1nnnn1-c1ccc(Br)c(OC)c1. The Bertz CT molecular complexity index is 590. The van der Waals surface area contributed by atoms with Gasteiger partial charge in [-0.25, -0.2) is 0 Å². The van der Waals surface area contributed by atoms with Crippen molar-refractivity contribution in [1.29, 1.82) is 0 Å². The molecule has 0 fully saturated rings. The lowest BCUT2D eigenvalue weighted by Crippen LogP contribution is -2.25. The molecule has 0 radical (unpaired) electrons. The average Bonchev–Trinajstić information content (AvgIpc) is 2.97. The van der Waals surface area contributed by atoms with Crippen LogP contribution in [-0.2, 0) is 4.74 Å². The Morgan fingerprint density at radius 3 is 2.90 bits per heavy atom. The molecule has 1 atom stereocenters. The normalized spacial score (nSPS) is 12.4. The molecule has 0 saturated heterocycles. The molecule has 0 bridgehead atoms. The van der Waals surface area contributed by atoms with E-state index in [0.29, 0.717) is 6.61 Å². The maximum absolute atomic E-state index is 5.30. The number of ether oxygens (including phenoxy) is 2. The number of nitrogens with zero attached hydrogens (tertiary/aromatic N) is 4. The number of aromatic nitrogens is 4. The quantitative estimate of drug-likeness (QED) is 0.762. The van der Waals surface area contributed by atoms with Crippen LogP contribution in [0.1, 0.15) is 18.8 Å². The molecule has 0 aliphatic carbocycles. The number of hydrogen-bond acceptors (Lipinski definition) is 6. The lowest BCUT2D eigenvalue weighted by atomic mass is 10.2. The highest BCUT2D eigenvalue weighted by Gasteiger charge is 2.16. The first kappa shape index (κ1) is 15.9. The predicted octanol–water partition coefficient (Wildman–Crippen LogP) is 1.73. The summed E-state index contributed by atoms with van der Waals surface area (Å²) in [4.78, 5) is 0. The van der Waals surface area contributed by atoms with E-state index < -0.39 is 0 Å². The number of tetrazole rings is 1. The van der Waals surface area contributed by atoms with Crippen LogP contribution in [0.15, 0.2) is 22.7 Å². The number of methoxy groups -OCH3 is 2. The maximum atomic E-state index is 5.30. The first-order valence-electron chi connectivity index (χ1n) is 6.52. The minimum Gasteiger partial charge on any atom is -0.495 e. The van der Waals surface area contributed by atoms with Crippen molar-refractivity contribution >= 4 is 15.9 Å². The van der Waals surface area contributed by atoms with Crippen LogP contribution in [0.4, 0.5) is 0 Å². The molecule has 0 spiro atoms. The highest BCUT2D eigenvalue weighted by molar-refractivity contribution is 9.10. The maximum Gasteiger partial charge on any atom is 0.173 e. The molecule has 1 heterocycles. The summed E-state index contributed by atoms with van der Waals surface area (Å²) >= 11 is 3.43. The van der Waals surface area contributed by atoms with E-state index >= 15 is 0 Å². The molecule has 8 heteroatoms. The van der Waals surface area contributed by atoms with E-state index in [-0.39, 0.29) is 6.04 Å². The summed E-state index contributed by atoms with van der Waals surface area (Å²) in [6.45, 7) is 3.38. The summed E-state index contributed by atoms with van der Waals surface area (Å²) in [7, 11) is 3.30. The van der Waals surface area contributed by atoms with Gasteiger partial charge in [0.05, 0.1) is 29.9 Å². The highest BCUT2D eigenvalue weighted by atomic mass is 79.9. The molecule has 114 valence electrons. The molecule has 7 nitrogen and oxygen atoms in total. The fraction of sp³-hybridized carbons (Fsp3) is 0.462. The smallest absolute Gasteiger partial charge is 0.173 e. The highest BCUT2D eigenvalue weighted by Crippen LogP contribution is 2.27. The van der Waals surface area contributed by atoms with Gasteiger partial charge in [0.25, 0.3) is 0 Å². The van der Waals surface area contributed by atoms with E-state index in [1.54, 1.807) is 18.9 Å². The summed E-state index contributed by atoms with van der Waals surface area (Å²) < 4.78 is 12.9. The molecule has 1 unspecified atom stereocenters. The van der Waals surface area contributed by atoms with Crippen molar-refractivity contribution in [2.75, 3.05) is 27.4 Å². The summed E-state index contributed by atoms with van der Waals surface area (Å²) in [5.41, 5.74) is 0.843. The van der Waals surface area contributed by atoms with Crippen molar-refractivity contribution in [3.63, 3.8) is 0 Å². The number of nitrogens with one attached hydrogen (secondary N) is 1. The summed E-state index contributed by atoms with van der Waals surface area (Å²) in [6.07, 6.45) is 0. The second-order valence-corrected chi connectivity index (χ2v) is 5.29. The van der Waals surface area contributed by atoms with E-state index in [1.165, 1.54) is 0 Å². The van der Waals surface area contributed by atoms with Gasteiger partial charge in [-0.3, -0.25) is 0 Å². The Morgan fingerprint density at radius 1 is 1.38 bits per heavy atom. The van der Waals surface area contributed by atoms with Gasteiger partial charge in [0.1, 0.15) is 5.75 Å². The third-order valence-corrected chi connectivity index (χ3v) is 3.67. The predicted molar refractivity (Wildman–Crippen MR) is 81.7 cm³/mol. The van der Waals surface area contributed by atoms with E-state index in [0.717, 1.165) is 28.3 Å². The van der Waals surface area contributed by atoms with Gasteiger partial charge in [0.15, 0.2) is 5.82 Å². The summed E-state index contributed by atoms with van der Waals surface area (Å²) in [6, 6.07) is 5.72.